The number of aliphatic hydroxyl groups excluding tert-OH is 1. The number of aromatic hydroxyl groups is 1. The molecule has 2 aromatic carbocycles. The van der Waals surface area contributed by atoms with Gasteiger partial charge in [-0.2, -0.15) is 0 Å². The van der Waals surface area contributed by atoms with Crippen molar-refractivity contribution in [3.63, 3.8) is 0 Å². The van der Waals surface area contributed by atoms with Crippen LogP contribution in [0, 0.1) is 0 Å². The number of ketones is 1. The van der Waals surface area contributed by atoms with Gasteiger partial charge in [-0.1, -0.05) is 35.9 Å². The van der Waals surface area contributed by atoms with E-state index in [4.69, 9.17) is 11.6 Å². The molecule has 0 aliphatic heterocycles. The van der Waals surface area contributed by atoms with Gasteiger partial charge in [-0.3, -0.25) is 4.79 Å². The molecule has 4 heteroatoms. The molecule has 19 heavy (non-hydrogen) atoms. The smallest absolute Gasteiger partial charge is 0.191 e. The number of carbonyl (C=O) groups is 1. The van der Waals surface area contributed by atoms with Gasteiger partial charge in [0.2, 0.25) is 0 Å². The van der Waals surface area contributed by atoms with Gasteiger partial charge in [0.15, 0.2) is 5.78 Å². The fraction of sp³-hybridized carbons (Fsp3) is 0. The Morgan fingerprint density at radius 3 is 2.21 bits per heavy atom. The molecule has 2 N–H and O–H groups in total. The summed E-state index contributed by atoms with van der Waals surface area (Å²) in [5.41, 5.74) is 0.494. The first-order valence-corrected chi connectivity index (χ1v) is 5.95. The van der Waals surface area contributed by atoms with Gasteiger partial charge in [-0.25, -0.2) is 0 Å². The average Bonchev–Trinajstić information content (AvgIpc) is 2.39. The predicted octanol–water partition coefficient (Wildman–Crippen LogP) is 3.83. The number of allylic oxidation sites excluding steroid dienone is 1. The van der Waals surface area contributed by atoms with Crippen LogP contribution in [0.15, 0.2) is 54.6 Å². The van der Waals surface area contributed by atoms with Crippen molar-refractivity contribution in [2.45, 2.75) is 0 Å². The number of hydrogen-bond donors (Lipinski definition) is 2. The Labute approximate surface area is 115 Å². The Hall–Kier alpha value is -2.26. The molecule has 2 rings (SSSR count). The summed E-state index contributed by atoms with van der Waals surface area (Å²) in [6, 6.07) is 12.8. The standard InChI is InChI=1S/C15H11ClO3/c16-12-7-3-1-5-10(12)14(18)9-15(19)11-6-2-4-8-13(11)17/h1-9,17,19H/b15-9-. The molecule has 3 nitrogen and oxygen atoms in total. The molecule has 0 unspecified atom stereocenters. The summed E-state index contributed by atoms with van der Waals surface area (Å²) >= 11 is 5.90. The molecule has 0 bridgehead atoms. The number of benzene rings is 2. The number of rotatable bonds is 3. The third-order valence-electron chi connectivity index (χ3n) is 2.59. The van der Waals surface area contributed by atoms with Crippen molar-refractivity contribution in [3.8, 4) is 5.75 Å². The lowest BCUT2D eigenvalue weighted by Crippen LogP contribution is -1.97. The van der Waals surface area contributed by atoms with Crippen LogP contribution in [0.1, 0.15) is 15.9 Å². The van der Waals surface area contributed by atoms with Crippen molar-refractivity contribution in [1.29, 1.82) is 0 Å². The number of phenols is 1. The second-order valence-electron chi connectivity index (χ2n) is 3.89. The minimum atomic E-state index is -0.425. The molecule has 0 saturated carbocycles. The maximum absolute atomic E-state index is 12.0. The summed E-state index contributed by atoms with van der Waals surface area (Å²) in [6.45, 7) is 0. The van der Waals surface area contributed by atoms with Crippen LogP contribution in [0.25, 0.3) is 5.76 Å². The Balaban J connectivity index is 2.34. The largest absolute Gasteiger partial charge is 0.507 e. The maximum atomic E-state index is 12.0. The van der Waals surface area contributed by atoms with E-state index in [9.17, 15) is 15.0 Å². The second-order valence-corrected chi connectivity index (χ2v) is 4.30. The van der Waals surface area contributed by atoms with E-state index in [1.54, 1.807) is 36.4 Å². The summed E-state index contributed by atoms with van der Waals surface area (Å²) in [5, 5.41) is 19.8. The van der Waals surface area contributed by atoms with E-state index >= 15 is 0 Å². The SMILES string of the molecule is O=C(/C=C(\O)c1ccccc1O)c1ccccc1Cl. The molecule has 0 radical (unpaired) electrons. The van der Waals surface area contributed by atoms with Gasteiger partial charge in [0.1, 0.15) is 11.5 Å². The van der Waals surface area contributed by atoms with Crippen molar-refractivity contribution >= 4 is 23.1 Å². The Kier molecular flexibility index (Phi) is 3.88. The highest BCUT2D eigenvalue weighted by atomic mass is 35.5. The van der Waals surface area contributed by atoms with Crippen LogP contribution in [0.3, 0.4) is 0 Å². The van der Waals surface area contributed by atoms with E-state index < -0.39 is 5.78 Å². The van der Waals surface area contributed by atoms with Gasteiger partial charge in [-0.05, 0) is 24.3 Å². The van der Waals surface area contributed by atoms with E-state index in [1.165, 1.54) is 12.1 Å². The lowest BCUT2D eigenvalue weighted by Gasteiger charge is -2.03. The van der Waals surface area contributed by atoms with Crippen LogP contribution < -0.4 is 0 Å². The third kappa shape index (κ3) is 2.95. The lowest BCUT2D eigenvalue weighted by atomic mass is 10.1. The molecule has 0 aliphatic rings. The average molecular weight is 275 g/mol. The first-order chi connectivity index (χ1) is 9.09. The fourth-order valence-electron chi connectivity index (χ4n) is 1.63. The van der Waals surface area contributed by atoms with Crippen LogP contribution in [-0.2, 0) is 0 Å². The van der Waals surface area contributed by atoms with Gasteiger partial charge < -0.3 is 10.2 Å². The van der Waals surface area contributed by atoms with E-state index in [1.807, 2.05) is 0 Å². The summed E-state index contributed by atoms with van der Waals surface area (Å²) in [5.74, 6) is -0.822. The van der Waals surface area contributed by atoms with Crippen molar-refractivity contribution in [2.24, 2.45) is 0 Å². The normalized spacial score (nSPS) is 11.3. The molecule has 0 amide bonds. The molecular formula is C15H11ClO3. The first kappa shape index (κ1) is 13.2. The molecular weight excluding hydrogens is 264 g/mol. The van der Waals surface area contributed by atoms with Crippen molar-refractivity contribution < 1.29 is 15.0 Å². The third-order valence-corrected chi connectivity index (χ3v) is 2.92. The number of aliphatic hydroxyl groups is 1. The molecule has 2 aromatic rings. The van der Waals surface area contributed by atoms with E-state index in [-0.39, 0.29) is 17.1 Å². The van der Waals surface area contributed by atoms with E-state index in [0.29, 0.717) is 10.6 Å². The van der Waals surface area contributed by atoms with Gasteiger partial charge >= 0.3 is 0 Å². The zero-order valence-corrected chi connectivity index (χ0v) is 10.6. The molecule has 0 aliphatic carbocycles. The van der Waals surface area contributed by atoms with Gasteiger partial charge in [0, 0.05) is 11.6 Å². The first-order valence-electron chi connectivity index (χ1n) is 5.57. The number of halogens is 1. The van der Waals surface area contributed by atoms with E-state index in [0.717, 1.165) is 6.08 Å². The lowest BCUT2D eigenvalue weighted by molar-refractivity contribution is 0.104. The van der Waals surface area contributed by atoms with Crippen LogP contribution in [0.2, 0.25) is 5.02 Å². The molecule has 0 aromatic heterocycles. The zero-order valence-electron chi connectivity index (χ0n) is 9.88. The Bertz CT molecular complexity index is 647. The van der Waals surface area contributed by atoms with Gasteiger partial charge in [0.25, 0.3) is 0 Å². The minimum absolute atomic E-state index is 0.0943. The molecule has 96 valence electrons. The minimum Gasteiger partial charge on any atom is -0.507 e. The van der Waals surface area contributed by atoms with Gasteiger partial charge in [-0.15, -0.1) is 0 Å². The highest BCUT2D eigenvalue weighted by molar-refractivity contribution is 6.34. The molecule has 0 atom stereocenters. The quantitative estimate of drug-likeness (QED) is 0.508. The highest BCUT2D eigenvalue weighted by Crippen LogP contribution is 2.24. The summed E-state index contributed by atoms with van der Waals surface area (Å²) < 4.78 is 0. The molecule has 0 spiro atoms. The Morgan fingerprint density at radius 2 is 1.58 bits per heavy atom. The van der Waals surface area contributed by atoms with E-state index in [2.05, 4.69) is 0 Å². The number of carbonyl (C=O) groups excluding carboxylic acids is 1. The van der Waals surface area contributed by atoms with Crippen LogP contribution >= 0.6 is 11.6 Å². The molecule has 0 saturated heterocycles. The topological polar surface area (TPSA) is 57.5 Å². The summed E-state index contributed by atoms with van der Waals surface area (Å²) in [7, 11) is 0. The van der Waals surface area contributed by atoms with Crippen LogP contribution in [-0.4, -0.2) is 16.0 Å². The maximum Gasteiger partial charge on any atom is 0.191 e. The molecule has 0 heterocycles. The molecule has 0 fully saturated rings. The zero-order chi connectivity index (χ0) is 13.8. The monoisotopic (exact) mass is 274 g/mol. The Morgan fingerprint density at radius 1 is 1.00 bits per heavy atom. The van der Waals surface area contributed by atoms with Crippen molar-refractivity contribution in [1.82, 2.24) is 0 Å². The second kappa shape index (κ2) is 5.59. The number of phenolic OH excluding ortho intramolecular Hbond substituents is 1. The van der Waals surface area contributed by atoms with Crippen molar-refractivity contribution in [3.05, 3.63) is 70.8 Å². The fourth-order valence-corrected chi connectivity index (χ4v) is 1.86. The summed E-state index contributed by atoms with van der Waals surface area (Å²) in [4.78, 5) is 12.0. The number of para-hydroxylation sites is 1. The van der Waals surface area contributed by atoms with Crippen LogP contribution in [0.4, 0.5) is 0 Å². The predicted molar refractivity (Wildman–Crippen MR) is 74.5 cm³/mol. The number of hydrogen-bond acceptors (Lipinski definition) is 3. The van der Waals surface area contributed by atoms with Gasteiger partial charge in [0.05, 0.1) is 10.6 Å². The van der Waals surface area contributed by atoms with Crippen LogP contribution in [0.5, 0.6) is 5.75 Å². The highest BCUT2D eigenvalue weighted by Gasteiger charge is 2.11. The summed E-state index contributed by atoms with van der Waals surface area (Å²) in [6.07, 6.45) is 1.04. The van der Waals surface area contributed by atoms with Crippen molar-refractivity contribution in [2.75, 3.05) is 0 Å².